The van der Waals surface area contributed by atoms with E-state index in [1.165, 1.54) is 31.4 Å². The van der Waals surface area contributed by atoms with Crippen molar-refractivity contribution in [2.75, 3.05) is 12.8 Å². The molecular weight excluding hydrogens is 263 g/mol. The lowest BCUT2D eigenvalue weighted by Gasteiger charge is -2.08. The van der Waals surface area contributed by atoms with Crippen molar-refractivity contribution in [1.82, 2.24) is 4.98 Å². The van der Waals surface area contributed by atoms with E-state index in [0.717, 1.165) is 6.07 Å². The van der Waals surface area contributed by atoms with Gasteiger partial charge < -0.3 is 15.2 Å². The molecule has 2 N–H and O–H groups in total. The van der Waals surface area contributed by atoms with Crippen molar-refractivity contribution in [3.63, 3.8) is 0 Å². The van der Waals surface area contributed by atoms with Crippen molar-refractivity contribution in [1.29, 1.82) is 0 Å². The van der Waals surface area contributed by atoms with Crippen LogP contribution < -0.4 is 10.5 Å². The van der Waals surface area contributed by atoms with Gasteiger partial charge in [0.2, 0.25) is 5.88 Å². The number of nitrogen functional groups attached to an aromatic ring is 1. The number of nitrogens with zero attached hydrogens (tertiary/aromatic N) is 1. The SMILES string of the molecule is COC(=O)c1ccc(Oc2ccc(N)cc2F)nc1C. The van der Waals surface area contributed by atoms with E-state index in [1.807, 2.05) is 0 Å². The van der Waals surface area contributed by atoms with Crippen molar-refractivity contribution in [3.8, 4) is 11.6 Å². The van der Waals surface area contributed by atoms with Gasteiger partial charge in [0.15, 0.2) is 11.6 Å². The zero-order valence-corrected chi connectivity index (χ0v) is 11.0. The number of ether oxygens (including phenoxy) is 2. The highest BCUT2D eigenvalue weighted by molar-refractivity contribution is 5.90. The van der Waals surface area contributed by atoms with Gasteiger partial charge in [0, 0.05) is 17.8 Å². The first-order valence-electron chi connectivity index (χ1n) is 5.80. The third-order valence-corrected chi connectivity index (χ3v) is 2.64. The zero-order chi connectivity index (χ0) is 14.7. The summed E-state index contributed by atoms with van der Waals surface area (Å²) in [6, 6.07) is 7.07. The van der Waals surface area contributed by atoms with E-state index >= 15 is 0 Å². The van der Waals surface area contributed by atoms with Gasteiger partial charge >= 0.3 is 5.97 Å². The van der Waals surface area contributed by atoms with Gasteiger partial charge in [-0.3, -0.25) is 0 Å². The molecule has 0 spiro atoms. The molecule has 0 unspecified atom stereocenters. The molecule has 104 valence electrons. The smallest absolute Gasteiger partial charge is 0.339 e. The van der Waals surface area contributed by atoms with Crippen LogP contribution in [-0.2, 0) is 4.74 Å². The van der Waals surface area contributed by atoms with Crippen molar-refractivity contribution >= 4 is 11.7 Å². The first kappa shape index (κ1) is 13.8. The topological polar surface area (TPSA) is 74.4 Å². The fraction of sp³-hybridized carbons (Fsp3) is 0.143. The maximum absolute atomic E-state index is 13.6. The number of hydrogen-bond donors (Lipinski definition) is 1. The molecule has 5 nitrogen and oxygen atoms in total. The summed E-state index contributed by atoms with van der Waals surface area (Å²) in [6.07, 6.45) is 0. The van der Waals surface area contributed by atoms with Crippen LogP contribution >= 0.6 is 0 Å². The summed E-state index contributed by atoms with van der Waals surface area (Å²) in [5.41, 5.74) is 6.52. The summed E-state index contributed by atoms with van der Waals surface area (Å²) in [5, 5.41) is 0. The highest BCUT2D eigenvalue weighted by Gasteiger charge is 2.12. The fourth-order valence-electron chi connectivity index (χ4n) is 1.63. The first-order chi connectivity index (χ1) is 9.51. The number of aryl methyl sites for hydroxylation is 1. The Kier molecular flexibility index (Phi) is 3.84. The van der Waals surface area contributed by atoms with E-state index in [9.17, 15) is 9.18 Å². The molecule has 0 bridgehead atoms. The van der Waals surface area contributed by atoms with Crippen molar-refractivity contribution in [2.45, 2.75) is 6.92 Å². The number of rotatable bonds is 3. The molecule has 0 amide bonds. The monoisotopic (exact) mass is 276 g/mol. The van der Waals surface area contributed by atoms with Gasteiger partial charge in [-0.25, -0.2) is 14.2 Å². The van der Waals surface area contributed by atoms with E-state index in [2.05, 4.69) is 9.72 Å². The van der Waals surface area contributed by atoms with E-state index in [-0.39, 0.29) is 11.6 Å². The molecule has 1 heterocycles. The van der Waals surface area contributed by atoms with Crippen LogP contribution in [0.2, 0.25) is 0 Å². The minimum absolute atomic E-state index is 0.0110. The normalized spacial score (nSPS) is 10.2. The van der Waals surface area contributed by atoms with Crippen LogP contribution in [0.4, 0.5) is 10.1 Å². The quantitative estimate of drug-likeness (QED) is 0.689. The number of anilines is 1. The minimum Gasteiger partial charge on any atom is -0.465 e. The number of esters is 1. The second kappa shape index (κ2) is 5.56. The van der Waals surface area contributed by atoms with Crippen molar-refractivity contribution in [2.24, 2.45) is 0 Å². The lowest BCUT2D eigenvalue weighted by molar-refractivity contribution is 0.0599. The fourth-order valence-corrected chi connectivity index (χ4v) is 1.63. The largest absolute Gasteiger partial charge is 0.465 e. The third-order valence-electron chi connectivity index (χ3n) is 2.64. The number of carbonyl (C=O) groups is 1. The van der Waals surface area contributed by atoms with Gasteiger partial charge in [0.05, 0.1) is 18.4 Å². The molecule has 20 heavy (non-hydrogen) atoms. The lowest BCUT2D eigenvalue weighted by atomic mass is 10.2. The molecule has 1 aromatic carbocycles. The Morgan fingerprint density at radius 1 is 1.30 bits per heavy atom. The van der Waals surface area contributed by atoms with Crippen LogP contribution in [0.25, 0.3) is 0 Å². The molecule has 0 saturated heterocycles. The van der Waals surface area contributed by atoms with E-state index in [1.54, 1.807) is 6.92 Å². The Balaban J connectivity index is 2.26. The van der Waals surface area contributed by atoms with Crippen LogP contribution in [0.15, 0.2) is 30.3 Å². The number of carbonyl (C=O) groups excluding carboxylic acids is 1. The molecule has 0 aliphatic heterocycles. The highest BCUT2D eigenvalue weighted by Crippen LogP contribution is 2.25. The standard InChI is InChI=1S/C14H13FN2O3/c1-8-10(14(18)19-2)4-6-13(17-8)20-12-5-3-9(16)7-11(12)15/h3-7H,16H2,1-2H3. The first-order valence-corrected chi connectivity index (χ1v) is 5.80. The summed E-state index contributed by atoms with van der Waals surface area (Å²) < 4.78 is 23.5. The molecule has 0 aliphatic carbocycles. The number of aromatic nitrogens is 1. The minimum atomic E-state index is -0.582. The highest BCUT2D eigenvalue weighted by atomic mass is 19.1. The van der Waals surface area contributed by atoms with Crippen LogP contribution in [0.1, 0.15) is 16.1 Å². The molecular formula is C14H13FN2O3. The molecule has 1 aromatic heterocycles. The summed E-state index contributed by atoms with van der Waals surface area (Å²) in [5.74, 6) is -0.877. The molecule has 6 heteroatoms. The molecule has 2 aromatic rings. The van der Waals surface area contributed by atoms with E-state index in [4.69, 9.17) is 10.5 Å². The van der Waals surface area contributed by atoms with Crippen molar-refractivity contribution < 1.29 is 18.7 Å². The molecule has 0 saturated carbocycles. The Morgan fingerprint density at radius 2 is 2.05 bits per heavy atom. The third kappa shape index (κ3) is 2.85. The van der Waals surface area contributed by atoms with Gasteiger partial charge in [-0.1, -0.05) is 0 Å². The average molecular weight is 276 g/mol. The molecule has 0 radical (unpaired) electrons. The Morgan fingerprint density at radius 3 is 2.65 bits per heavy atom. The molecule has 0 atom stereocenters. The van der Waals surface area contributed by atoms with Crippen LogP contribution in [0, 0.1) is 12.7 Å². The number of pyridine rings is 1. The second-order valence-corrected chi connectivity index (χ2v) is 4.07. The second-order valence-electron chi connectivity index (χ2n) is 4.07. The molecule has 0 aliphatic rings. The number of hydrogen-bond acceptors (Lipinski definition) is 5. The summed E-state index contributed by atoms with van der Waals surface area (Å²) >= 11 is 0. The number of halogens is 1. The number of benzene rings is 1. The van der Waals surface area contributed by atoms with Gasteiger partial charge in [0.1, 0.15) is 0 Å². The van der Waals surface area contributed by atoms with E-state index in [0.29, 0.717) is 16.9 Å². The maximum Gasteiger partial charge on any atom is 0.339 e. The Hall–Kier alpha value is -2.63. The van der Waals surface area contributed by atoms with Crippen molar-refractivity contribution in [3.05, 3.63) is 47.4 Å². The summed E-state index contributed by atoms with van der Waals surface area (Å²) in [7, 11) is 1.29. The Labute approximate surface area is 115 Å². The molecule has 2 rings (SSSR count). The zero-order valence-electron chi connectivity index (χ0n) is 11.0. The van der Waals surface area contributed by atoms with Gasteiger partial charge in [-0.05, 0) is 25.1 Å². The van der Waals surface area contributed by atoms with Crippen LogP contribution in [-0.4, -0.2) is 18.1 Å². The van der Waals surface area contributed by atoms with Gasteiger partial charge in [0.25, 0.3) is 0 Å². The number of methoxy groups -OCH3 is 1. The van der Waals surface area contributed by atoms with Crippen LogP contribution in [0.3, 0.4) is 0 Å². The van der Waals surface area contributed by atoms with Gasteiger partial charge in [-0.2, -0.15) is 0 Å². The number of nitrogens with two attached hydrogens (primary N) is 1. The molecule has 0 fully saturated rings. The predicted octanol–water partition coefficient (Wildman–Crippen LogP) is 2.69. The predicted molar refractivity (Wildman–Crippen MR) is 71.2 cm³/mol. The summed E-state index contributed by atoms with van der Waals surface area (Å²) in [4.78, 5) is 15.5. The maximum atomic E-state index is 13.6. The van der Waals surface area contributed by atoms with E-state index < -0.39 is 11.8 Å². The lowest BCUT2D eigenvalue weighted by Crippen LogP contribution is -2.05. The Bertz CT molecular complexity index is 659. The average Bonchev–Trinajstić information content (AvgIpc) is 2.41. The van der Waals surface area contributed by atoms with Crippen LogP contribution in [0.5, 0.6) is 11.6 Å². The summed E-state index contributed by atoms with van der Waals surface area (Å²) in [6.45, 7) is 1.64. The van der Waals surface area contributed by atoms with Gasteiger partial charge in [-0.15, -0.1) is 0 Å².